The van der Waals surface area contributed by atoms with E-state index in [2.05, 4.69) is 20.3 Å². The van der Waals surface area contributed by atoms with Gasteiger partial charge >= 0.3 is 0 Å². The fourth-order valence-corrected chi connectivity index (χ4v) is 2.98. The normalized spacial score (nSPS) is 11.0. The second-order valence-electron chi connectivity index (χ2n) is 6.31. The quantitative estimate of drug-likeness (QED) is 0.355. The van der Waals surface area contributed by atoms with Gasteiger partial charge in [-0.05, 0) is 53.7 Å². The number of pyridine rings is 1. The lowest BCUT2D eigenvalue weighted by atomic mass is 10.2. The van der Waals surface area contributed by atoms with Crippen molar-refractivity contribution in [2.45, 2.75) is 6.61 Å². The Balaban J connectivity index is 1.55. The summed E-state index contributed by atoms with van der Waals surface area (Å²) in [7, 11) is 1.61. The van der Waals surface area contributed by atoms with Crippen LogP contribution in [0.15, 0.2) is 78.0 Å². The molecule has 150 valence electrons. The number of benzene rings is 2. The van der Waals surface area contributed by atoms with E-state index in [1.165, 1.54) is 4.68 Å². The zero-order valence-corrected chi connectivity index (χ0v) is 17.0. The minimum atomic E-state index is 0.377. The van der Waals surface area contributed by atoms with Crippen molar-refractivity contribution in [1.29, 1.82) is 0 Å². The molecule has 0 aliphatic rings. The number of H-pyrrole nitrogens is 1. The van der Waals surface area contributed by atoms with Gasteiger partial charge in [0.05, 0.1) is 13.3 Å². The topological polar surface area (TPSA) is 77.3 Å². The minimum Gasteiger partial charge on any atom is -0.493 e. The predicted octanol–water partition coefficient (Wildman–Crippen LogP) is 4.47. The van der Waals surface area contributed by atoms with Gasteiger partial charge in [0.2, 0.25) is 10.6 Å². The van der Waals surface area contributed by atoms with Crippen molar-refractivity contribution in [1.82, 2.24) is 19.9 Å². The molecule has 0 radical (unpaired) electrons. The first-order chi connectivity index (χ1) is 14.7. The van der Waals surface area contributed by atoms with E-state index >= 15 is 0 Å². The zero-order chi connectivity index (χ0) is 20.8. The summed E-state index contributed by atoms with van der Waals surface area (Å²) < 4.78 is 13.3. The second-order valence-corrected chi connectivity index (χ2v) is 6.69. The maximum Gasteiger partial charge on any atom is 0.216 e. The molecule has 0 saturated heterocycles. The van der Waals surface area contributed by atoms with Crippen molar-refractivity contribution >= 4 is 18.4 Å². The molecule has 0 unspecified atom stereocenters. The third kappa shape index (κ3) is 4.44. The van der Waals surface area contributed by atoms with Crippen LogP contribution in [0.1, 0.15) is 11.1 Å². The molecule has 0 amide bonds. The maximum atomic E-state index is 5.90. The van der Waals surface area contributed by atoms with E-state index < -0.39 is 0 Å². The van der Waals surface area contributed by atoms with Crippen molar-refractivity contribution < 1.29 is 9.47 Å². The second kappa shape index (κ2) is 9.15. The van der Waals surface area contributed by atoms with Crippen LogP contribution in [0.3, 0.4) is 0 Å². The average Bonchev–Trinajstić information content (AvgIpc) is 3.18. The summed E-state index contributed by atoms with van der Waals surface area (Å²) >= 11 is 5.30. The Morgan fingerprint density at radius 2 is 1.90 bits per heavy atom. The molecule has 8 heteroatoms. The monoisotopic (exact) mass is 417 g/mol. The Morgan fingerprint density at radius 1 is 1.07 bits per heavy atom. The highest BCUT2D eigenvalue weighted by Crippen LogP contribution is 2.28. The number of nitrogens with one attached hydrogen (secondary N) is 1. The van der Waals surface area contributed by atoms with Crippen LogP contribution in [0, 0.1) is 4.77 Å². The fourth-order valence-electron chi connectivity index (χ4n) is 2.80. The van der Waals surface area contributed by atoms with Crippen LogP contribution < -0.4 is 9.47 Å². The van der Waals surface area contributed by atoms with Gasteiger partial charge < -0.3 is 9.47 Å². The summed E-state index contributed by atoms with van der Waals surface area (Å²) in [6, 6.07) is 21.2. The molecular formula is C22H19N5O2S. The minimum absolute atomic E-state index is 0.377. The summed E-state index contributed by atoms with van der Waals surface area (Å²) in [5.74, 6) is 1.81. The molecule has 0 aliphatic carbocycles. The lowest BCUT2D eigenvalue weighted by Gasteiger charge is -2.11. The Labute approximate surface area is 178 Å². The molecule has 0 saturated carbocycles. The van der Waals surface area contributed by atoms with E-state index in [9.17, 15) is 0 Å². The number of aromatic nitrogens is 4. The van der Waals surface area contributed by atoms with Crippen LogP contribution >= 0.6 is 12.2 Å². The number of hydrogen-bond acceptors (Lipinski definition) is 6. The molecular weight excluding hydrogens is 398 g/mol. The van der Waals surface area contributed by atoms with Gasteiger partial charge in [0.25, 0.3) is 0 Å². The number of rotatable bonds is 7. The summed E-state index contributed by atoms with van der Waals surface area (Å²) in [5.41, 5.74) is 2.58. The van der Waals surface area contributed by atoms with Crippen molar-refractivity contribution in [3.8, 4) is 23.0 Å². The largest absolute Gasteiger partial charge is 0.493 e. The Hall–Kier alpha value is -3.78. The van der Waals surface area contributed by atoms with Gasteiger partial charge in [-0.15, -0.1) is 0 Å². The molecule has 1 N–H and O–H groups in total. The van der Waals surface area contributed by atoms with E-state index in [1.54, 1.807) is 19.5 Å². The molecule has 2 heterocycles. The van der Waals surface area contributed by atoms with Gasteiger partial charge in [-0.3, -0.25) is 4.98 Å². The Bertz CT molecular complexity index is 1200. The molecule has 0 bridgehead atoms. The van der Waals surface area contributed by atoms with Crippen molar-refractivity contribution in [2.75, 3.05) is 7.11 Å². The van der Waals surface area contributed by atoms with Gasteiger partial charge in [0, 0.05) is 6.20 Å². The number of aromatic amines is 1. The van der Waals surface area contributed by atoms with E-state index in [0.29, 0.717) is 34.4 Å². The van der Waals surface area contributed by atoms with Gasteiger partial charge in [-0.25, -0.2) is 5.10 Å². The Morgan fingerprint density at radius 3 is 2.67 bits per heavy atom. The molecule has 0 spiro atoms. The van der Waals surface area contributed by atoms with Crippen LogP contribution in [-0.4, -0.2) is 33.2 Å². The number of methoxy groups -OCH3 is 1. The van der Waals surface area contributed by atoms with Gasteiger partial charge in [-0.2, -0.15) is 14.9 Å². The van der Waals surface area contributed by atoms with Gasteiger partial charge in [0.1, 0.15) is 12.3 Å². The maximum absolute atomic E-state index is 5.90. The lowest BCUT2D eigenvalue weighted by Crippen LogP contribution is -1.99. The van der Waals surface area contributed by atoms with Crippen molar-refractivity contribution in [3.63, 3.8) is 0 Å². The number of hydrogen-bond donors (Lipinski definition) is 1. The summed E-state index contributed by atoms with van der Waals surface area (Å²) in [6.07, 6.45) is 3.38. The first-order valence-corrected chi connectivity index (χ1v) is 9.63. The highest BCUT2D eigenvalue weighted by Gasteiger charge is 2.09. The fraction of sp³-hybridized carbons (Fsp3) is 0.0909. The standard InChI is InChI=1S/C22H19N5O2S/c1-28-20-13-17(10-11-19(20)29-15-16-7-3-2-4-8-16)14-24-27-21(25-26-22(27)30)18-9-5-6-12-23-18/h2-14H,15H2,1H3,(H,26,30). The van der Waals surface area contributed by atoms with E-state index in [-0.39, 0.29) is 0 Å². The lowest BCUT2D eigenvalue weighted by molar-refractivity contribution is 0.284. The first kappa shape index (κ1) is 19.5. The van der Waals surface area contributed by atoms with E-state index in [1.807, 2.05) is 66.7 Å². The predicted molar refractivity (Wildman–Crippen MR) is 117 cm³/mol. The SMILES string of the molecule is COc1cc(C=Nn2c(-c3ccccn3)n[nH]c2=S)ccc1OCc1ccccc1. The molecule has 0 aliphatic heterocycles. The van der Waals surface area contributed by atoms with Gasteiger partial charge in [-0.1, -0.05) is 36.4 Å². The number of ether oxygens (including phenoxy) is 2. The average molecular weight is 417 g/mol. The zero-order valence-electron chi connectivity index (χ0n) is 16.2. The van der Waals surface area contributed by atoms with Crippen molar-refractivity contribution in [3.05, 3.63) is 88.8 Å². The highest BCUT2D eigenvalue weighted by atomic mass is 32.1. The van der Waals surface area contributed by atoms with Crippen LogP contribution in [0.2, 0.25) is 0 Å². The molecule has 4 rings (SSSR count). The third-order valence-electron chi connectivity index (χ3n) is 4.29. The van der Waals surface area contributed by atoms with Crippen LogP contribution in [0.4, 0.5) is 0 Å². The molecule has 4 aromatic rings. The highest BCUT2D eigenvalue weighted by molar-refractivity contribution is 7.71. The van der Waals surface area contributed by atoms with Crippen molar-refractivity contribution in [2.24, 2.45) is 5.10 Å². The van der Waals surface area contributed by atoms with E-state index in [0.717, 1.165) is 11.1 Å². The smallest absolute Gasteiger partial charge is 0.216 e. The summed E-state index contributed by atoms with van der Waals surface area (Å²) in [4.78, 5) is 4.30. The molecule has 2 aromatic carbocycles. The molecule has 7 nitrogen and oxygen atoms in total. The molecule has 0 atom stereocenters. The van der Waals surface area contributed by atoms with Crippen LogP contribution in [-0.2, 0) is 6.61 Å². The summed E-state index contributed by atoms with van der Waals surface area (Å²) in [5, 5.41) is 11.4. The van der Waals surface area contributed by atoms with Gasteiger partial charge in [0.15, 0.2) is 11.5 Å². The summed E-state index contributed by atoms with van der Waals surface area (Å²) in [6.45, 7) is 0.461. The first-order valence-electron chi connectivity index (χ1n) is 9.22. The third-order valence-corrected chi connectivity index (χ3v) is 4.56. The molecule has 0 fully saturated rings. The Kier molecular flexibility index (Phi) is 5.95. The number of nitrogens with zero attached hydrogens (tertiary/aromatic N) is 4. The van der Waals surface area contributed by atoms with E-state index in [4.69, 9.17) is 21.7 Å². The van der Waals surface area contributed by atoms with Crippen LogP contribution in [0.5, 0.6) is 11.5 Å². The van der Waals surface area contributed by atoms with Crippen LogP contribution in [0.25, 0.3) is 11.5 Å². The molecule has 2 aromatic heterocycles. The molecule has 30 heavy (non-hydrogen) atoms.